The lowest BCUT2D eigenvalue weighted by molar-refractivity contribution is -0.161. The summed E-state index contributed by atoms with van der Waals surface area (Å²) >= 11 is 0. The van der Waals surface area contributed by atoms with Gasteiger partial charge in [-0.3, -0.25) is 37.3 Å². The van der Waals surface area contributed by atoms with E-state index >= 15 is 0 Å². The molecule has 630 valence electrons. The molecule has 19 heteroatoms. The Kier molecular flexibility index (Phi) is 74.3. The first-order valence-corrected chi connectivity index (χ1v) is 47.8. The Morgan fingerprint density at radius 1 is 0.264 bits per heavy atom. The van der Waals surface area contributed by atoms with E-state index in [-0.39, 0.29) is 25.7 Å². The molecule has 0 aliphatic rings. The first-order chi connectivity index (χ1) is 51.2. The molecule has 0 fully saturated rings. The van der Waals surface area contributed by atoms with Crippen molar-refractivity contribution in [3.05, 3.63) is 0 Å². The van der Waals surface area contributed by atoms with Gasteiger partial charge in [-0.05, 0) is 49.4 Å². The zero-order chi connectivity index (χ0) is 78.1. The number of esters is 4. The van der Waals surface area contributed by atoms with Gasteiger partial charge >= 0.3 is 39.5 Å². The molecule has 0 radical (unpaired) electrons. The second kappa shape index (κ2) is 75.7. The summed E-state index contributed by atoms with van der Waals surface area (Å²) in [5, 5.41) is 10.7. The lowest BCUT2D eigenvalue weighted by atomic mass is 9.99. The predicted molar refractivity (Wildman–Crippen MR) is 437 cm³/mol. The van der Waals surface area contributed by atoms with Crippen LogP contribution < -0.4 is 0 Å². The third-order valence-corrected chi connectivity index (χ3v) is 22.9. The standard InChI is InChI=1S/C87H170O17P2/c1-9-79(7)65-57-49-41-33-27-20-15-13-11-12-14-16-22-29-35-45-53-61-69-86(91)103-82(73-97-84(89)67-59-51-43-34-28-21-18-17-19-25-31-39-47-55-63-77(3)4)75-101-105(93,94)99-71-81(88)72-100-106(95,96)102-76-83(74-98-85(90)68-60-52-44-38-37-42-50-58-66-80(8)10-2)104-87(92)70-62-54-46-36-30-24-23-26-32-40-48-56-64-78(5)6/h77-83,88H,9-76H2,1-8H3,(H,93,94)(H,95,96)/t79?,80?,81-,82-,83-/m1/s1. The van der Waals surface area contributed by atoms with Crippen molar-refractivity contribution in [3.8, 4) is 0 Å². The van der Waals surface area contributed by atoms with E-state index < -0.39 is 97.5 Å². The highest BCUT2D eigenvalue weighted by molar-refractivity contribution is 7.47. The van der Waals surface area contributed by atoms with Crippen molar-refractivity contribution in [2.24, 2.45) is 23.7 Å². The highest BCUT2D eigenvalue weighted by Gasteiger charge is 2.31. The molecule has 0 aliphatic carbocycles. The van der Waals surface area contributed by atoms with Crippen molar-refractivity contribution in [2.75, 3.05) is 39.6 Å². The SMILES string of the molecule is CCC(C)CCCCCCCCCCCCCCCCCCCCC(=O)O[C@H](COC(=O)CCCCCCCCCCCCCCCCC(C)C)COP(=O)(O)OC[C@@H](O)COP(=O)(O)OC[C@@H](COC(=O)CCCCCCCCCCC(C)CC)OC(=O)CCCCCCCCCCCCCCC(C)C. The molecule has 4 unspecified atom stereocenters. The largest absolute Gasteiger partial charge is 0.472 e. The first kappa shape index (κ1) is 104. The number of unbranched alkanes of at least 4 members (excludes halogenated alkanes) is 48. The number of hydrogen-bond acceptors (Lipinski definition) is 15. The summed E-state index contributed by atoms with van der Waals surface area (Å²) in [7, 11) is -9.93. The van der Waals surface area contributed by atoms with Gasteiger partial charge in [0.1, 0.15) is 19.3 Å². The molecular formula is C87H170O17P2. The van der Waals surface area contributed by atoms with Crippen LogP contribution in [0.15, 0.2) is 0 Å². The summed E-state index contributed by atoms with van der Waals surface area (Å²) in [6, 6.07) is 0. The molecule has 3 N–H and O–H groups in total. The molecule has 7 atom stereocenters. The molecule has 0 rings (SSSR count). The van der Waals surface area contributed by atoms with Gasteiger partial charge in [0.05, 0.1) is 26.4 Å². The number of phosphoric ester groups is 2. The van der Waals surface area contributed by atoms with Crippen LogP contribution in [0.25, 0.3) is 0 Å². The number of hydrogen-bond donors (Lipinski definition) is 3. The fraction of sp³-hybridized carbons (Fsp3) is 0.954. The van der Waals surface area contributed by atoms with Crippen LogP contribution in [0.4, 0.5) is 0 Å². The van der Waals surface area contributed by atoms with E-state index in [1.54, 1.807) is 0 Å². The molecule has 17 nitrogen and oxygen atoms in total. The van der Waals surface area contributed by atoms with Crippen molar-refractivity contribution >= 4 is 39.5 Å². The minimum atomic E-state index is -4.97. The van der Waals surface area contributed by atoms with E-state index in [2.05, 4.69) is 55.4 Å². The van der Waals surface area contributed by atoms with Crippen LogP contribution in [0.2, 0.25) is 0 Å². The van der Waals surface area contributed by atoms with Gasteiger partial charge in [-0.2, -0.15) is 0 Å². The Bertz CT molecular complexity index is 2060. The molecule has 0 spiro atoms. The summed E-state index contributed by atoms with van der Waals surface area (Å²) in [5.74, 6) is 1.12. The maximum atomic E-state index is 13.2. The highest BCUT2D eigenvalue weighted by Crippen LogP contribution is 2.45. The number of carbonyl (C=O) groups is 4. The van der Waals surface area contributed by atoms with E-state index in [9.17, 15) is 43.2 Å². The zero-order valence-corrected chi connectivity index (χ0v) is 71.9. The van der Waals surface area contributed by atoms with Crippen molar-refractivity contribution in [1.82, 2.24) is 0 Å². The average Bonchev–Trinajstić information content (AvgIpc) is 0.908. The normalized spacial score (nSPS) is 14.4. The second-order valence-corrected chi connectivity index (χ2v) is 35.6. The maximum Gasteiger partial charge on any atom is 0.472 e. The molecule has 106 heavy (non-hydrogen) atoms. The number of aliphatic hydroxyl groups excluding tert-OH is 1. The van der Waals surface area contributed by atoms with E-state index in [0.29, 0.717) is 25.7 Å². The maximum absolute atomic E-state index is 13.2. The van der Waals surface area contributed by atoms with Gasteiger partial charge in [0.15, 0.2) is 12.2 Å². The molecule has 0 amide bonds. The van der Waals surface area contributed by atoms with Crippen molar-refractivity contribution in [3.63, 3.8) is 0 Å². The summed E-state index contributed by atoms with van der Waals surface area (Å²) in [6.07, 6.45) is 65.1. The first-order valence-electron chi connectivity index (χ1n) is 44.8. The molecule has 0 aromatic heterocycles. The summed E-state index contributed by atoms with van der Waals surface area (Å²) in [4.78, 5) is 73.3. The van der Waals surface area contributed by atoms with Crippen LogP contribution in [-0.2, 0) is 65.4 Å². The fourth-order valence-corrected chi connectivity index (χ4v) is 15.0. The van der Waals surface area contributed by atoms with Crippen molar-refractivity contribution < 1.29 is 80.2 Å². The third kappa shape index (κ3) is 77.4. The number of ether oxygens (including phenoxy) is 4. The number of phosphoric acid groups is 2. The predicted octanol–water partition coefficient (Wildman–Crippen LogP) is 26.3. The molecule has 0 heterocycles. The molecule has 0 saturated heterocycles. The third-order valence-electron chi connectivity index (χ3n) is 21.0. The van der Waals surface area contributed by atoms with Gasteiger partial charge in [-0.1, -0.05) is 402 Å². The van der Waals surface area contributed by atoms with E-state index in [4.69, 9.17) is 37.0 Å². The smallest absolute Gasteiger partial charge is 0.462 e. The fourth-order valence-electron chi connectivity index (χ4n) is 13.4. The Labute approximate surface area is 651 Å². The Hall–Kier alpha value is -1.94. The van der Waals surface area contributed by atoms with Gasteiger partial charge in [0.25, 0.3) is 0 Å². The monoisotopic (exact) mass is 1550 g/mol. The van der Waals surface area contributed by atoms with Gasteiger partial charge in [0, 0.05) is 25.7 Å². The van der Waals surface area contributed by atoms with Gasteiger partial charge < -0.3 is 33.8 Å². The molecule has 0 saturated carbocycles. The molecule has 0 aromatic rings. The second-order valence-electron chi connectivity index (χ2n) is 32.7. The summed E-state index contributed by atoms with van der Waals surface area (Å²) < 4.78 is 68.9. The summed E-state index contributed by atoms with van der Waals surface area (Å²) in [5.41, 5.74) is 0. The van der Waals surface area contributed by atoms with Crippen molar-refractivity contribution in [1.29, 1.82) is 0 Å². The Morgan fingerprint density at radius 2 is 0.453 bits per heavy atom. The average molecular weight is 1550 g/mol. The number of aliphatic hydroxyl groups is 1. The van der Waals surface area contributed by atoms with Crippen LogP contribution >= 0.6 is 15.6 Å². The van der Waals surface area contributed by atoms with Gasteiger partial charge in [-0.15, -0.1) is 0 Å². The molecule has 0 aromatic carbocycles. The highest BCUT2D eigenvalue weighted by atomic mass is 31.2. The minimum absolute atomic E-state index is 0.106. The number of carbonyl (C=O) groups excluding carboxylic acids is 4. The zero-order valence-electron chi connectivity index (χ0n) is 70.1. The quantitative estimate of drug-likeness (QED) is 0.0222. The molecule has 0 bridgehead atoms. The van der Waals surface area contributed by atoms with E-state index in [1.165, 1.54) is 257 Å². The van der Waals surface area contributed by atoms with Crippen molar-refractivity contribution in [2.45, 2.75) is 472 Å². The van der Waals surface area contributed by atoms with E-state index in [1.807, 2.05) is 0 Å². The van der Waals surface area contributed by atoms with Crippen LogP contribution in [0.1, 0.15) is 453 Å². The molecule has 0 aliphatic heterocycles. The lowest BCUT2D eigenvalue weighted by Gasteiger charge is -2.21. The van der Waals surface area contributed by atoms with E-state index in [0.717, 1.165) is 114 Å². The van der Waals surface area contributed by atoms with Crippen LogP contribution in [0.5, 0.6) is 0 Å². The number of rotatable bonds is 84. The minimum Gasteiger partial charge on any atom is -0.462 e. The topological polar surface area (TPSA) is 237 Å². The Morgan fingerprint density at radius 3 is 0.670 bits per heavy atom. The van der Waals surface area contributed by atoms with Gasteiger partial charge in [0.2, 0.25) is 0 Å². The van der Waals surface area contributed by atoms with Gasteiger partial charge in [-0.25, -0.2) is 9.13 Å². The molecular weight excluding hydrogens is 1380 g/mol. The Balaban J connectivity index is 5.25. The van der Waals surface area contributed by atoms with Crippen LogP contribution in [-0.4, -0.2) is 96.7 Å². The summed E-state index contributed by atoms with van der Waals surface area (Å²) in [6.45, 7) is 14.4. The van der Waals surface area contributed by atoms with Crippen LogP contribution in [0, 0.1) is 23.7 Å². The van der Waals surface area contributed by atoms with Crippen LogP contribution in [0.3, 0.4) is 0 Å². The lowest BCUT2D eigenvalue weighted by Crippen LogP contribution is -2.30.